The van der Waals surface area contributed by atoms with E-state index in [0.29, 0.717) is 11.8 Å². The highest BCUT2D eigenvalue weighted by molar-refractivity contribution is 9.10. The average Bonchev–Trinajstić information content (AvgIpc) is 2.64. The van der Waals surface area contributed by atoms with E-state index in [0.717, 1.165) is 36.1 Å². The molecule has 0 spiro atoms. The maximum atomic E-state index is 10.6. The van der Waals surface area contributed by atoms with E-state index >= 15 is 0 Å². The summed E-state index contributed by atoms with van der Waals surface area (Å²) < 4.78 is 0.982. The fourth-order valence-corrected chi connectivity index (χ4v) is 3.22. The molecule has 2 rings (SSSR count). The van der Waals surface area contributed by atoms with Crippen LogP contribution >= 0.6 is 15.9 Å². The van der Waals surface area contributed by atoms with Crippen molar-refractivity contribution in [3.05, 3.63) is 22.8 Å². The molecule has 1 heterocycles. The molecule has 1 amide bonds. The Balaban J connectivity index is 1.89. The zero-order valence-corrected chi connectivity index (χ0v) is 12.9. The summed E-state index contributed by atoms with van der Waals surface area (Å²) in [5.41, 5.74) is -0.0549. The molecule has 3 unspecified atom stereocenters. The Morgan fingerprint density at radius 3 is 2.95 bits per heavy atom. The summed E-state index contributed by atoms with van der Waals surface area (Å²) in [7, 11) is 0. The van der Waals surface area contributed by atoms with Gasteiger partial charge in [-0.25, -0.2) is 4.98 Å². The molecule has 0 aliphatic heterocycles. The van der Waals surface area contributed by atoms with Gasteiger partial charge >= 0.3 is 0 Å². The van der Waals surface area contributed by atoms with Gasteiger partial charge in [0.15, 0.2) is 0 Å². The number of hydrogen-bond acceptors (Lipinski definition) is 3. The van der Waals surface area contributed by atoms with Crippen LogP contribution in [0.25, 0.3) is 0 Å². The number of amides is 1. The fraction of sp³-hybridized carbons (Fsp3) is 0.571. The second-order valence-corrected chi connectivity index (χ2v) is 6.63. The highest BCUT2D eigenvalue weighted by Gasteiger charge is 2.39. The predicted octanol–water partition coefficient (Wildman–Crippen LogP) is 2.81. The zero-order valence-electron chi connectivity index (χ0n) is 11.3. The number of rotatable bonds is 5. The third kappa shape index (κ3) is 3.69. The van der Waals surface area contributed by atoms with Crippen LogP contribution in [0.5, 0.6) is 0 Å². The molecule has 1 saturated carbocycles. The van der Waals surface area contributed by atoms with Crippen LogP contribution in [0.2, 0.25) is 0 Å². The van der Waals surface area contributed by atoms with Gasteiger partial charge in [-0.3, -0.25) is 4.79 Å². The number of carbonyl (C=O) groups is 1. The van der Waals surface area contributed by atoms with E-state index in [-0.39, 0.29) is 5.54 Å². The van der Waals surface area contributed by atoms with Crippen LogP contribution in [-0.2, 0) is 4.79 Å². The second-order valence-electron chi connectivity index (χ2n) is 5.71. The Morgan fingerprint density at radius 2 is 2.32 bits per heavy atom. The van der Waals surface area contributed by atoms with Gasteiger partial charge in [0.05, 0.1) is 0 Å². The minimum Gasteiger partial charge on any atom is -0.370 e. The monoisotopic (exact) mass is 325 g/mol. The fourth-order valence-electron chi connectivity index (χ4n) is 2.99. The summed E-state index contributed by atoms with van der Waals surface area (Å²) >= 11 is 3.37. The van der Waals surface area contributed by atoms with Crippen molar-refractivity contribution in [1.82, 2.24) is 10.3 Å². The minimum atomic E-state index is -0.0549. The number of nitrogens with zero attached hydrogens (tertiary/aromatic N) is 1. The third-order valence-electron chi connectivity index (χ3n) is 3.97. The van der Waals surface area contributed by atoms with E-state index in [4.69, 9.17) is 0 Å². The largest absolute Gasteiger partial charge is 0.370 e. The Hall–Kier alpha value is -1.10. The van der Waals surface area contributed by atoms with E-state index in [2.05, 4.69) is 45.4 Å². The van der Waals surface area contributed by atoms with E-state index in [1.807, 2.05) is 12.1 Å². The molecule has 5 heteroatoms. The number of aromatic nitrogens is 1. The van der Waals surface area contributed by atoms with Crippen molar-refractivity contribution in [2.45, 2.75) is 32.2 Å². The van der Waals surface area contributed by atoms with E-state index in [9.17, 15) is 4.79 Å². The maximum absolute atomic E-state index is 10.6. The SMILES string of the molecule is CC1CC(C)(NC=O)CC1CNc1ccc(Br)cn1. The van der Waals surface area contributed by atoms with Gasteiger partial charge in [-0.2, -0.15) is 0 Å². The average molecular weight is 326 g/mol. The molecular weight excluding hydrogens is 306 g/mol. The van der Waals surface area contributed by atoms with Gasteiger partial charge < -0.3 is 10.6 Å². The summed E-state index contributed by atoms with van der Waals surface area (Å²) in [5.74, 6) is 2.05. The first-order valence-corrected chi connectivity index (χ1v) is 7.38. The van der Waals surface area contributed by atoms with Gasteiger partial charge in [0.25, 0.3) is 0 Å². The molecule has 2 N–H and O–H groups in total. The molecular formula is C14H20BrN3O. The van der Waals surface area contributed by atoms with Crippen LogP contribution in [0.15, 0.2) is 22.8 Å². The van der Waals surface area contributed by atoms with Crippen molar-refractivity contribution in [2.24, 2.45) is 11.8 Å². The summed E-state index contributed by atoms with van der Waals surface area (Å²) in [6.45, 7) is 5.26. The van der Waals surface area contributed by atoms with E-state index in [1.165, 1.54) is 0 Å². The Kier molecular flexibility index (Phi) is 4.45. The lowest BCUT2D eigenvalue weighted by molar-refractivity contribution is -0.111. The standard InChI is InChI=1S/C14H20BrN3O/c1-10-5-14(2,18-9-19)6-11(10)7-16-13-4-3-12(15)8-17-13/h3-4,8-11H,5-7H2,1-2H3,(H,16,17)(H,18,19). The van der Waals surface area contributed by atoms with Crippen LogP contribution in [0.1, 0.15) is 26.7 Å². The van der Waals surface area contributed by atoms with Crippen LogP contribution in [0.3, 0.4) is 0 Å². The molecule has 0 aromatic carbocycles. The van der Waals surface area contributed by atoms with Gasteiger partial charge in [-0.15, -0.1) is 0 Å². The van der Waals surface area contributed by atoms with Gasteiger partial charge in [0, 0.05) is 22.8 Å². The van der Waals surface area contributed by atoms with Crippen molar-refractivity contribution in [1.29, 1.82) is 0 Å². The Bertz CT molecular complexity index is 437. The molecule has 4 nitrogen and oxygen atoms in total. The first kappa shape index (κ1) is 14.3. The molecule has 3 atom stereocenters. The van der Waals surface area contributed by atoms with Crippen molar-refractivity contribution in [2.75, 3.05) is 11.9 Å². The minimum absolute atomic E-state index is 0.0549. The van der Waals surface area contributed by atoms with Gasteiger partial charge in [0.2, 0.25) is 6.41 Å². The number of nitrogens with one attached hydrogen (secondary N) is 2. The predicted molar refractivity (Wildman–Crippen MR) is 79.9 cm³/mol. The second kappa shape index (κ2) is 5.90. The van der Waals surface area contributed by atoms with Crippen molar-refractivity contribution in [3.63, 3.8) is 0 Å². The molecule has 19 heavy (non-hydrogen) atoms. The summed E-state index contributed by atoms with van der Waals surface area (Å²) in [6, 6.07) is 3.94. The Morgan fingerprint density at radius 1 is 1.53 bits per heavy atom. The molecule has 1 aromatic rings. The van der Waals surface area contributed by atoms with Gasteiger partial charge in [-0.05, 0) is 59.7 Å². The topological polar surface area (TPSA) is 54.0 Å². The summed E-state index contributed by atoms with van der Waals surface area (Å²) in [5, 5.41) is 6.33. The zero-order chi connectivity index (χ0) is 13.9. The number of pyridine rings is 1. The smallest absolute Gasteiger partial charge is 0.207 e. The molecule has 104 valence electrons. The van der Waals surface area contributed by atoms with Crippen LogP contribution < -0.4 is 10.6 Å². The van der Waals surface area contributed by atoms with Crippen molar-refractivity contribution in [3.8, 4) is 0 Å². The van der Waals surface area contributed by atoms with Gasteiger partial charge in [0.1, 0.15) is 5.82 Å². The lowest BCUT2D eigenvalue weighted by atomic mass is 9.98. The molecule has 1 fully saturated rings. The van der Waals surface area contributed by atoms with Crippen LogP contribution in [-0.4, -0.2) is 23.5 Å². The third-order valence-corrected chi connectivity index (χ3v) is 4.44. The lowest BCUT2D eigenvalue weighted by Crippen LogP contribution is -2.39. The first-order valence-electron chi connectivity index (χ1n) is 6.59. The van der Waals surface area contributed by atoms with E-state index < -0.39 is 0 Å². The Labute approximate surface area is 122 Å². The molecule has 1 aromatic heterocycles. The number of anilines is 1. The number of hydrogen-bond donors (Lipinski definition) is 2. The molecule has 0 radical (unpaired) electrons. The van der Waals surface area contributed by atoms with E-state index in [1.54, 1.807) is 6.20 Å². The lowest BCUT2D eigenvalue weighted by Gasteiger charge is -2.23. The number of halogens is 1. The molecule has 0 saturated heterocycles. The van der Waals surface area contributed by atoms with Crippen molar-refractivity contribution < 1.29 is 4.79 Å². The van der Waals surface area contributed by atoms with Gasteiger partial charge in [-0.1, -0.05) is 6.92 Å². The first-order chi connectivity index (χ1) is 9.02. The summed E-state index contributed by atoms with van der Waals surface area (Å²) in [4.78, 5) is 15.0. The quantitative estimate of drug-likeness (QED) is 0.818. The van der Waals surface area contributed by atoms with Crippen LogP contribution in [0, 0.1) is 11.8 Å². The normalized spacial score (nSPS) is 30.1. The molecule has 1 aliphatic rings. The summed E-state index contributed by atoms with van der Waals surface area (Å²) in [6.07, 6.45) is 4.65. The highest BCUT2D eigenvalue weighted by Crippen LogP contribution is 2.38. The highest BCUT2D eigenvalue weighted by atomic mass is 79.9. The molecule has 0 bridgehead atoms. The maximum Gasteiger partial charge on any atom is 0.207 e. The molecule has 1 aliphatic carbocycles. The van der Waals surface area contributed by atoms with Crippen LogP contribution in [0.4, 0.5) is 5.82 Å². The van der Waals surface area contributed by atoms with Crippen molar-refractivity contribution >= 4 is 28.2 Å². The number of carbonyl (C=O) groups excluding carboxylic acids is 1.